The average molecular weight is 205 g/mol. The van der Waals surface area contributed by atoms with E-state index in [0.717, 1.165) is 12.2 Å². The summed E-state index contributed by atoms with van der Waals surface area (Å²) in [4.78, 5) is 0. The first-order chi connectivity index (χ1) is 7.29. The van der Waals surface area contributed by atoms with Crippen molar-refractivity contribution in [1.29, 1.82) is 0 Å². The van der Waals surface area contributed by atoms with Crippen LogP contribution in [0.4, 0.5) is 0 Å². The van der Waals surface area contributed by atoms with Crippen molar-refractivity contribution < 1.29 is 4.74 Å². The van der Waals surface area contributed by atoms with Crippen LogP contribution in [0.15, 0.2) is 18.2 Å². The second-order valence-corrected chi connectivity index (χ2v) is 4.30. The highest BCUT2D eigenvalue weighted by molar-refractivity contribution is 5.36. The number of ether oxygens (including phenoxy) is 1. The van der Waals surface area contributed by atoms with E-state index in [1.807, 2.05) is 0 Å². The molecule has 1 fully saturated rings. The zero-order valence-corrected chi connectivity index (χ0v) is 9.55. The lowest BCUT2D eigenvalue weighted by Gasteiger charge is -2.12. The van der Waals surface area contributed by atoms with Crippen molar-refractivity contribution in [3.63, 3.8) is 0 Å². The molecular formula is C13H19NO. The molecule has 1 heterocycles. The quantitative estimate of drug-likeness (QED) is 0.817. The summed E-state index contributed by atoms with van der Waals surface area (Å²) in [5.74, 6) is 0.984. The zero-order valence-electron chi connectivity index (χ0n) is 9.55. The Morgan fingerprint density at radius 2 is 2.33 bits per heavy atom. The third-order valence-electron chi connectivity index (χ3n) is 3.10. The number of hydrogen-bond acceptors (Lipinski definition) is 2. The number of nitrogens with one attached hydrogen (secondary N) is 1. The van der Waals surface area contributed by atoms with Gasteiger partial charge in [-0.2, -0.15) is 0 Å². The summed E-state index contributed by atoms with van der Waals surface area (Å²) < 4.78 is 5.25. The molecule has 2 heteroatoms. The molecule has 0 spiro atoms. The normalized spacial score (nSPS) is 20.5. The van der Waals surface area contributed by atoms with Crippen LogP contribution < -0.4 is 10.1 Å². The molecule has 1 atom stereocenters. The van der Waals surface area contributed by atoms with Crippen LogP contribution >= 0.6 is 0 Å². The molecule has 1 saturated heterocycles. The molecule has 0 aliphatic carbocycles. The number of hydrogen-bond donors (Lipinski definition) is 1. The first kappa shape index (κ1) is 10.5. The third kappa shape index (κ3) is 2.51. The molecule has 1 aliphatic heterocycles. The fourth-order valence-corrected chi connectivity index (χ4v) is 2.28. The predicted octanol–water partition coefficient (Wildman–Crippen LogP) is 2.30. The predicted molar refractivity (Wildman–Crippen MR) is 62.5 cm³/mol. The van der Waals surface area contributed by atoms with E-state index in [2.05, 4.69) is 30.4 Å². The Kier molecular flexibility index (Phi) is 3.27. The van der Waals surface area contributed by atoms with Crippen LogP contribution in [0.2, 0.25) is 0 Å². The van der Waals surface area contributed by atoms with Gasteiger partial charge in [0.25, 0.3) is 0 Å². The monoisotopic (exact) mass is 205 g/mol. The van der Waals surface area contributed by atoms with Gasteiger partial charge in [-0.15, -0.1) is 0 Å². The van der Waals surface area contributed by atoms with E-state index in [9.17, 15) is 0 Å². The first-order valence-electron chi connectivity index (χ1n) is 5.66. The lowest BCUT2D eigenvalue weighted by Crippen LogP contribution is -2.23. The van der Waals surface area contributed by atoms with Gasteiger partial charge in [0.1, 0.15) is 5.75 Å². The molecule has 0 bridgehead atoms. The summed E-state index contributed by atoms with van der Waals surface area (Å²) in [6, 6.07) is 7.15. The molecule has 0 saturated carbocycles. The Balaban J connectivity index is 2.05. The van der Waals surface area contributed by atoms with Crippen LogP contribution in [0.5, 0.6) is 5.75 Å². The van der Waals surface area contributed by atoms with Gasteiger partial charge in [-0.1, -0.05) is 12.1 Å². The smallest absolute Gasteiger partial charge is 0.121 e. The molecule has 0 unspecified atom stereocenters. The molecule has 0 radical (unpaired) electrons. The van der Waals surface area contributed by atoms with Crippen LogP contribution in [0.25, 0.3) is 0 Å². The lowest BCUT2D eigenvalue weighted by molar-refractivity contribution is 0.411. The second kappa shape index (κ2) is 4.67. The van der Waals surface area contributed by atoms with E-state index in [4.69, 9.17) is 4.74 Å². The van der Waals surface area contributed by atoms with E-state index >= 15 is 0 Å². The average Bonchev–Trinajstić information content (AvgIpc) is 2.71. The molecule has 0 amide bonds. The maximum absolute atomic E-state index is 5.25. The van der Waals surface area contributed by atoms with Gasteiger partial charge in [0.05, 0.1) is 7.11 Å². The number of methoxy groups -OCH3 is 1. The van der Waals surface area contributed by atoms with Crippen LogP contribution in [-0.4, -0.2) is 19.7 Å². The van der Waals surface area contributed by atoms with Crippen molar-refractivity contribution in [2.24, 2.45) is 0 Å². The molecule has 82 valence electrons. The zero-order chi connectivity index (χ0) is 10.7. The summed E-state index contributed by atoms with van der Waals surface area (Å²) in [6.07, 6.45) is 3.77. The van der Waals surface area contributed by atoms with Gasteiger partial charge in [-0.05, 0) is 49.9 Å². The van der Waals surface area contributed by atoms with E-state index in [-0.39, 0.29) is 0 Å². The molecule has 1 aromatic rings. The van der Waals surface area contributed by atoms with Crippen molar-refractivity contribution >= 4 is 0 Å². The minimum Gasteiger partial charge on any atom is -0.496 e. The summed E-state index contributed by atoms with van der Waals surface area (Å²) in [5, 5.41) is 3.52. The van der Waals surface area contributed by atoms with Gasteiger partial charge in [-0.25, -0.2) is 0 Å². The lowest BCUT2D eigenvalue weighted by atomic mass is 10.0. The Morgan fingerprint density at radius 1 is 1.47 bits per heavy atom. The van der Waals surface area contributed by atoms with E-state index in [0.29, 0.717) is 6.04 Å². The third-order valence-corrected chi connectivity index (χ3v) is 3.10. The Hall–Kier alpha value is -1.02. The summed E-state index contributed by atoms with van der Waals surface area (Å²) >= 11 is 0. The summed E-state index contributed by atoms with van der Waals surface area (Å²) in [6.45, 7) is 3.28. The highest BCUT2D eigenvalue weighted by Gasteiger charge is 2.14. The molecule has 1 aliphatic rings. The van der Waals surface area contributed by atoms with Crippen LogP contribution in [0.3, 0.4) is 0 Å². The van der Waals surface area contributed by atoms with Crippen molar-refractivity contribution in [3.05, 3.63) is 29.3 Å². The van der Waals surface area contributed by atoms with Crippen molar-refractivity contribution in [2.45, 2.75) is 32.2 Å². The second-order valence-electron chi connectivity index (χ2n) is 4.30. The van der Waals surface area contributed by atoms with E-state index < -0.39 is 0 Å². The van der Waals surface area contributed by atoms with Gasteiger partial charge < -0.3 is 10.1 Å². The van der Waals surface area contributed by atoms with Crippen molar-refractivity contribution in [3.8, 4) is 5.75 Å². The Bertz CT molecular complexity index is 329. The fraction of sp³-hybridized carbons (Fsp3) is 0.538. The van der Waals surface area contributed by atoms with E-state index in [1.165, 1.54) is 30.5 Å². The molecule has 0 aromatic heterocycles. The highest BCUT2D eigenvalue weighted by Crippen LogP contribution is 2.20. The molecule has 2 nitrogen and oxygen atoms in total. The van der Waals surface area contributed by atoms with Gasteiger partial charge in [0, 0.05) is 6.04 Å². The Labute approximate surface area is 91.6 Å². The van der Waals surface area contributed by atoms with Gasteiger partial charge >= 0.3 is 0 Å². The highest BCUT2D eigenvalue weighted by atomic mass is 16.5. The molecule has 1 aromatic carbocycles. The maximum Gasteiger partial charge on any atom is 0.121 e. The molecular weight excluding hydrogens is 186 g/mol. The fourth-order valence-electron chi connectivity index (χ4n) is 2.28. The topological polar surface area (TPSA) is 21.3 Å². The van der Waals surface area contributed by atoms with Gasteiger partial charge in [0.15, 0.2) is 0 Å². The van der Waals surface area contributed by atoms with Gasteiger partial charge in [-0.3, -0.25) is 0 Å². The molecule has 2 rings (SSSR count). The number of aryl methyl sites for hydroxylation is 1. The number of benzene rings is 1. The van der Waals surface area contributed by atoms with Crippen LogP contribution in [-0.2, 0) is 6.42 Å². The van der Waals surface area contributed by atoms with Crippen LogP contribution in [0, 0.1) is 6.92 Å². The largest absolute Gasteiger partial charge is 0.496 e. The molecule has 15 heavy (non-hydrogen) atoms. The summed E-state index contributed by atoms with van der Waals surface area (Å²) in [5.41, 5.74) is 2.64. The maximum atomic E-state index is 5.25. The standard InChI is InChI=1S/C13H19NO/c1-10-8-11(5-6-13(10)15-2)9-12-4-3-7-14-12/h5-6,8,12,14H,3-4,7,9H2,1-2H3/t12-/m0/s1. The summed E-state index contributed by atoms with van der Waals surface area (Å²) in [7, 11) is 1.72. The Morgan fingerprint density at radius 3 is 2.93 bits per heavy atom. The van der Waals surface area contributed by atoms with Gasteiger partial charge in [0.2, 0.25) is 0 Å². The first-order valence-corrected chi connectivity index (χ1v) is 5.66. The minimum atomic E-state index is 0.679. The number of rotatable bonds is 3. The van der Waals surface area contributed by atoms with Crippen LogP contribution in [0.1, 0.15) is 24.0 Å². The van der Waals surface area contributed by atoms with Crippen molar-refractivity contribution in [1.82, 2.24) is 5.32 Å². The van der Waals surface area contributed by atoms with Crippen molar-refractivity contribution in [2.75, 3.05) is 13.7 Å². The molecule has 1 N–H and O–H groups in total. The SMILES string of the molecule is COc1ccc(C[C@@H]2CCCN2)cc1C. The minimum absolute atomic E-state index is 0.679. The van der Waals surface area contributed by atoms with E-state index in [1.54, 1.807) is 7.11 Å².